The molecule has 10 heteroatoms. The summed E-state index contributed by atoms with van der Waals surface area (Å²) in [5.41, 5.74) is 2.16. The summed E-state index contributed by atoms with van der Waals surface area (Å²) in [5.74, 6) is -1.11. The second kappa shape index (κ2) is 10.4. The Kier molecular flexibility index (Phi) is 7.28. The number of carbonyl (C=O) groups excluding carboxylic acids is 3. The zero-order valence-corrected chi connectivity index (χ0v) is 19.9. The number of carbonyl (C=O) groups is 3. The van der Waals surface area contributed by atoms with E-state index in [1.807, 2.05) is 16.8 Å². The zero-order chi connectivity index (χ0) is 24.2. The van der Waals surface area contributed by atoms with E-state index in [0.29, 0.717) is 49.6 Å². The predicted molar refractivity (Wildman–Crippen MR) is 126 cm³/mol. The third kappa shape index (κ3) is 4.97. The number of urea groups is 1. The number of hydrogen-bond donors (Lipinski definition) is 1. The minimum atomic E-state index is -0.583. The molecule has 0 aliphatic carbocycles. The number of piperazine rings is 1. The van der Waals surface area contributed by atoms with Gasteiger partial charge in [0.2, 0.25) is 0 Å². The molecule has 0 saturated carbocycles. The van der Waals surface area contributed by atoms with E-state index in [1.165, 1.54) is 34.4 Å². The summed E-state index contributed by atoms with van der Waals surface area (Å²) in [6.45, 7) is 4.36. The minimum absolute atomic E-state index is 0.211. The maximum atomic E-state index is 13.5. The lowest BCUT2D eigenvalue weighted by atomic mass is 9.96. The van der Waals surface area contributed by atoms with Crippen molar-refractivity contribution in [3.05, 3.63) is 69.3 Å². The normalized spacial score (nSPS) is 19.3. The lowest BCUT2D eigenvalue weighted by Gasteiger charge is -2.39. The monoisotopic (exact) mass is 486 g/mol. The van der Waals surface area contributed by atoms with Crippen LogP contribution in [-0.4, -0.2) is 79.0 Å². The number of esters is 1. The molecule has 8 nitrogen and oxygen atoms in total. The van der Waals surface area contributed by atoms with Crippen LogP contribution in [0.1, 0.15) is 28.9 Å². The molecule has 3 amide bonds. The lowest BCUT2D eigenvalue weighted by molar-refractivity contribution is -0.139. The molecule has 3 heterocycles. The van der Waals surface area contributed by atoms with Crippen molar-refractivity contribution in [3.63, 3.8) is 0 Å². The molecule has 1 atom stereocenters. The Hall–Kier alpha value is -3.24. The SMILES string of the molecule is CCOC(=O)C1=C(CN2CCN(C(=O)c3cccc(F)c3)CC2)N(C)C(=O)N[C@H]1c1ccsc1. The van der Waals surface area contributed by atoms with E-state index in [-0.39, 0.29) is 18.5 Å². The number of likely N-dealkylation sites (N-methyl/N-ethyl adjacent to an activating group) is 1. The molecule has 4 rings (SSSR count). The summed E-state index contributed by atoms with van der Waals surface area (Å²) < 4.78 is 18.9. The van der Waals surface area contributed by atoms with E-state index in [0.717, 1.165) is 5.56 Å². The third-order valence-electron chi connectivity index (χ3n) is 6.05. The Morgan fingerprint density at radius 1 is 1.21 bits per heavy atom. The van der Waals surface area contributed by atoms with Crippen molar-refractivity contribution in [2.45, 2.75) is 13.0 Å². The fourth-order valence-electron chi connectivity index (χ4n) is 4.21. The lowest BCUT2D eigenvalue weighted by Crippen LogP contribution is -2.53. The molecule has 0 radical (unpaired) electrons. The largest absolute Gasteiger partial charge is 0.463 e. The van der Waals surface area contributed by atoms with Gasteiger partial charge in [-0.3, -0.25) is 14.6 Å². The van der Waals surface area contributed by atoms with Crippen molar-refractivity contribution in [1.29, 1.82) is 0 Å². The average Bonchev–Trinajstić information content (AvgIpc) is 3.37. The van der Waals surface area contributed by atoms with Gasteiger partial charge >= 0.3 is 12.0 Å². The minimum Gasteiger partial charge on any atom is -0.463 e. The molecule has 1 fully saturated rings. The van der Waals surface area contributed by atoms with Crippen LogP contribution in [0.25, 0.3) is 0 Å². The number of thiophene rings is 1. The van der Waals surface area contributed by atoms with Gasteiger partial charge in [0.1, 0.15) is 5.82 Å². The smallest absolute Gasteiger partial charge is 0.338 e. The number of ether oxygens (including phenoxy) is 1. The Morgan fingerprint density at radius 2 is 1.97 bits per heavy atom. The molecule has 0 unspecified atom stereocenters. The highest BCUT2D eigenvalue weighted by Gasteiger charge is 2.38. The van der Waals surface area contributed by atoms with Crippen LogP contribution in [0.5, 0.6) is 0 Å². The first-order valence-corrected chi connectivity index (χ1v) is 12.1. The van der Waals surface area contributed by atoms with Gasteiger partial charge in [-0.05, 0) is 47.5 Å². The topological polar surface area (TPSA) is 82.2 Å². The van der Waals surface area contributed by atoms with E-state index in [2.05, 4.69) is 10.2 Å². The molecular weight excluding hydrogens is 459 g/mol. The summed E-state index contributed by atoms with van der Waals surface area (Å²) in [5, 5.41) is 6.71. The van der Waals surface area contributed by atoms with E-state index in [4.69, 9.17) is 4.74 Å². The third-order valence-corrected chi connectivity index (χ3v) is 6.75. The number of nitrogens with one attached hydrogen (secondary N) is 1. The number of nitrogens with zero attached hydrogens (tertiary/aromatic N) is 3. The van der Waals surface area contributed by atoms with Gasteiger partial charge in [-0.15, -0.1) is 0 Å². The first kappa shape index (κ1) is 23.9. The van der Waals surface area contributed by atoms with Crippen molar-refractivity contribution in [2.24, 2.45) is 0 Å². The molecule has 0 spiro atoms. The number of halogens is 1. The second-order valence-electron chi connectivity index (χ2n) is 8.16. The second-order valence-corrected chi connectivity index (χ2v) is 8.94. The summed E-state index contributed by atoms with van der Waals surface area (Å²) in [7, 11) is 1.64. The summed E-state index contributed by atoms with van der Waals surface area (Å²) in [6.07, 6.45) is 0. The Labute approximate surface area is 201 Å². The molecule has 1 aromatic heterocycles. The van der Waals surface area contributed by atoms with Crippen molar-refractivity contribution >= 4 is 29.2 Å². The zero-order valence-electron chi connectivity index (χ0n) is 19.1. The van der Waals surface area contributed by atoms with Gasteiger partial charge in [0, 0.05) is 51.0 Å². The Bertz CT molecular complexity index is 1100. The number of amides is 3. The van der Waals surface area contributed by atoms with Crippen molar-refractivity contribution in [3.8, 4) is 0 Å². The first-order chi connectivity index (χ1) is 16.4. The van der Waals surface area contributed by atoms with Crippen molar-refractivity contribution in [2.75, 3.05) is 46.4 Å². The molecular formula is C24H27FN4O4S. The van der Waals surface area contributed by atoms with Crippen LogP contribution in [-0.2, 0) is 9.53 Å². The molecule has 1 aromatic carbocycles. The Morgan fingerprint density at radius 3 is 2.62 bits per heavy atom. The Balaban J connectivity index is 1.53. The fraction of sp³-hybridized carbons (Fsp3) is 0.375. The molecule has 180 valence electrons. The van der Waals surface area contributed by atoms with Gasteiger partial charge in [-0.25, -0.2) is 14.0 Å². The van der Waals surface area contributed by atoms with Crippen LogP contribution in [0.2, 0.25) is 0 Å². The van der Waals surface area contributed by atoms with Crippen molar-refractivity contribution < 1.29 is 23.5 Å². The summed E-state index contributed by atoms with van der Waals surface area (Å²) in [6, 6.07) is 6.69. The first-order valence-electron chi connectivity index (χ1n) is 11.1. The van der Waals surface area contributed by atoms with Crippen LogP contribution in [0.4, 0.5) is 9.18 Å². The molecule has 2 aliphatic heterocycles. The summed E-state index contributed by atoms with van der Waals surface area (Å²) >= 11 is 1.49. The highest BCUT2D eigenvalue weighted by Crippen LogP contribution is 2.32. The maximum absolute atomic E-state index is 13.5. The van der Waals surface area contributed by atoms with Gasteiger partial charge in [0.05, 0.1) is 18.2 Å². The van der Waals surface area contributed by atoms with E-state index >= 15 is 0 Å². The average molecular weight is 487 g/mol. The highest BCUT2D eigenvalue weighted by molar-refractivity contribution is 7.08. The van der Waals surface area contributed by atoms with E-state index in [1.54, 1.807) is 24.9 Å². The maximum Gasteiger partial charge on any atom is 0.338 e. The quantitative estimate of drug-likeness (QED) is 0.635. The van der Waals surface area contributed by atoms with Crippen LogP contribution >= 0.6 is 11.3 Å². The number of hydrogen-bond acceptors (Lipinski definition) is 6. The highest BCUT2D eigenvalue weighted by atomic mass is 32.1. The molecule has 0 bridgehead atoms. The van der Waals surface area contributed by atoms with Gasteiger partial charge in [0.15, 0.2) is 0 Å². The number of benzene rings is 1. The molecule has 2 aliphatic rings. The van der Waals surface area contributed by atoms with Crippen LogP contribution in [0, 0.1) is 5.82 Å². The van der Waals surface area contributed by atoms with E-state index < -0.39 is 17.8 Å². The fourth-order valence-corrected chi connectivity index (χ4v) is 4.90. The van der Waals surface area contributed by atoms with Crippen molar-refractivity contribution in [1.82, 2.24) is 20.0 Å². The van der Waals surface area contributed by atoms with Gasteiger partial charge in [-0.1, -0.05) is 6.07 Å². The molecule has 1 N–H and O–H groups in total. The molecule has 1 saturated heterocycles. The number of rotatable bonds is 6. The van der Waals surface area contributed by atoms with Crippen LogP contribution in [0.15, 0.2) is 52.4 Å². The molecule has 34 heavy (non-hydrogen) atoms. The van der Waals surface area contributed by atoms with Crippen LogP contribution in [0.3, 0.4) is 0 Å². The van der Waals surface area contributed by atoms with Gasteiger partial charge < -0.3 is 15.0 Å². The van der Waals surface area contributed by atoms with Gasteiger partial charge in [0.25, 0.3) is 5.91 Å². The predicted octanol–water partition coefficient (Wildman–Crippen LogP) is 2.86. The summed E-state index contributed by atoms with van der Waals surface area (Å²) in [4.78, 5) is 43.7. The molecule has 2 aromatic rings. The van der Waals surface area contributed by atoms with Crippen LogP contribution < -0.4 is 5.32 Å². The van der Waals surface area contributed by atoms with Gasteiger partial charge in [-0.2, -0.15) is 11.3 Å². The van der Waals surface area contributed by atoms with E-state index in [9.17, 15) is 18.8 Å². The standard InChI is InChI=1S/C24H27FN4O4S/c1-3-33-23(31)20-19(27(2)24(32)26-21(20)17-7-12-34-15-17)14-28-8-10-29(11-9-28)22(30)16-5-4-6-18(25)13-16/h4-7,12-13,15,21H,3,8-11,14H2,1-2H3,(H,26,32)/t21-/m0/s1.